The fourth-order valence-corrected chi connectivity index (χ4v) is 3.64. The lowest BCUT2D eigenvalue weighted by atomic mass is 10.0. The third-order valence-corrected chi connectivity index (χ3v) is 4.77. The number of sulfonamides is 1. The molecule has 0 aliphatic carbocycles. The normalized spacial score (nSPS) is 11.6. The highest BCUT2D eigenvalue weighted by Crippen LogP contribution is 2.32. The van der Waals surface area contributed by atoms with E-state index in [1.54, 1.807) is 18.2 Å². The van der Waals surface area contributed by atoms with Gasteiger partial charge in [0.2, 0.25) is 10.0 Å². The summed E-state index contributed by atoms with van der Waals surface area (Å²) in [7, 11) is 0.144. The third kappa shape index (κ3) is 2.91. The van der Waals surface area contributed by atoms with Gasteiger partial charge < -0.3 is 9.69 Å². The van der Waals surface area contributed by atoms with Crippen molar-refractivity contribution in [1.29, 1.82) is 0 Å². The predicted octanol–water partition coefficient (Wildman–Crippen LogP) is 1.69. The second-order valence-electron chi connectivity index (χ2n) is 5.00. The first-order valence-electron chi connectivity index (χ1n) is 6.51. The van der Waals surface area contributed by atoms with E-state index in [4.69, 9.17) is 0 Å². The molecule has 0 amide bonds. The molecule has 0 aliphatic rings. The summed E-state index contributed by atoms with van der Waals surface area (Å²) < 4.78 is 26.8. The van der Waals surface area contributed by atoms with Gasteiger partial charge in [-0.1, -0.05) is 24.3 Å². The van der Waals surface area contributed by atoms with Crippen molar-refractivity contribution in [1.82, 2.24) is 4.72 Å². The number of aldehydes is 1. The zero-order chi connectivity index (χ0) is 15.6. The number of hydrogen-bond donors (Lipinski definition) is 1. The Morgan fingerprint density at radius 1 is 1.14 bits per heavy atom. The summed E-state index contributed by atoms with van der Waals surface area (Å²) in [6.45, 7) is 1.76. The van der Waals surface area contributed by atoms with Crippen LogP contribution in [0, 0.1) is 6.92 Å². The Labute approximate surface area is 124 Å². The van der Waals surface area contributed by atoms with Crippen molar-refractivity contribution in [2.45, 2.75) is 11.8 Å². The van der Waals surface area contributed by atoms with E-state index < -0.39 is 10.0 Å². The summed E-state index contributed by atoms with van der Waals surface area (Å²) in [6.07, 6.45) is 0.526. The molecule has 0 atom stereocenters. The number of carbonyl (C=O) groups excluding carboxylic acids is 1. The number of aryl methyl sites for hydroxylation is 1. The summed E-state index contributed by atoms with van der Waals surface area (Å²) >= 11 is 0. The number of hydrogen-bond acceptors (Lipinski definition) is 4. The first-order chi connectivity index (χ1) is 9.88. The van der Waals surface area contributed by atoms with Crippen LogP contribution in [-0.4, -0.2) is 35.3 Å². The number of rotatable bonds is 5. The minimum atomic E-state index is -3.70. The van der Waals surface area contributed by atoms with Gasteiger partial charge in [-0.15, -0.1) is 0 Å². The fourth-order valence-electron chi connectivity index (χ4n) is 2.47. The van der Waals surface area contributed by atoms with E-state index in [1.807, 2.05) is 38.1 Å². The largest absolute Gasteiger partial charge is 0.377 e. The van der Waals surface area contributed by atoms with E-state index in [1.165, 1.54) is 0 Å². The Kier molecular flexibility index (Phi) is 4.29. The molecule has 0 saturated heterocycles. The van der Waals surface area contributed by atoms with Gasteiger partial charge in [-0.05, 0) is 18.6 Å². The molecule has 0 fully saturated rings. The smallest absolute Gasteiger partial charge is 0.241 e. The molecule has 0 unspecified atom stereocenters. The van der Waals surface area contributed by atoms with Crippen molar-refractivity contribution in [3.63, 3.8) is 0 Å². The molecule has 0 heterocycles. The lowest BCUT2D eigenvalue weighted by molar-refractivity contribution is -0.106. The fraction of sp³-hybridized carbons (Fsp3) is 0.267. The standard InChI is InChI=1S/C15H18N2O3S/c1-11-7-8-12-13(15(11)17(2)3)5-4-6-14(12)21(19,20)16-9-10-18/h4-8,10,16H,9H2,1-3H3. The number of benzene rings is 2. The number of carbonyl (C=O) groups is 1. The number of fused-ring (bicyclic) bond motifs is 1. The Morgan fingerprint density at radius 2 is 1.86 bits per heavy atom. The molecule has 1 N–H and O–H groups in total. The number of anilines is 1. The summed E-state index contributed by atoms with van der Waals surface area (Å²) in [5.74, 6) is 0. The quantitative estimate of drug-likeness (QED) is 0.854. The number of nitrogens with one attached hydrogen (secondary N) is 1. The van der Waals surface area contributed by atoms with Crippen molar-refractivity contribution < 1.29 is 13.2 Å². The van der Waals surface area contributed by atoms with Gasteiger partial charge in [0.1, 0.15) is 6.29 Å². The van der Waals surface area contributed by atoms with E-state index in [-0.39, 0.29) is 11.4 Å². The van der Waals surface area contributed by atoms with Crippen molar-refractivity contribution in [2.24, 2.45) is 0 Å². The van der Waals surface area contributed by atoms with Crippen LogP contribution >= 0.6 is 0 Å². The van der Waals surface area contributed by atoms with Gasteiger partial charge in [0.05, 0.1) is 11.4 Å². The van der Waals surface area contributed by atoms with Gasteiger partial charge in [0.15, 0.2) is 0 Å². The van der Waals surface area contributed by atoms with Crippen molar-refractivity contribution in [3.05, 3.63) is 35.9 Å². The van der Waals surface area contributed by atoms with Crippen molar-refractivity contribution in [2.75, 3.05) is 25.5 Å². The second kappa shape index (κ2) is 5.83. The molecule has 2 aromatic rings. The van der Waals surface area contributed by atoms with E-state index in [9.17, 15) is 13.2 Å². The van der Waals surface area contributed by atoms with E-state index in [0.29, 0.717) is 11.7 Å². The van der Waals surface area contributed by atoms with Crippen LogP contribution in [0.3, 0.4) is 0 Å². The van der Waals surface area contributed by atoms with Crippen molar-refractivity contribution >= 4 is 32.8 Å². The van der Waals surface area contributed by atoms with Crippen LogP contribution in [0.5, 0.6) is 0 Å². The molecule has 5 nitrogen and oxygen atoms in total. The molecular weight excluding hydrogens is 288 g/mol. The summed E-state index contributed by atoms with van der Waals surface area (Å²) in [6, 6.07) is 8.86. The molecule has 2 rings (SSSR count). The van der Waals surface area contributed by atoms with Gasteiger partial charge in [0.25, 0.3) is 0 Å². The predicted molar refractivity (Wildman–Crippen MR) is 84.3 cm³/mol. The molecule has 0 radical (unpaired) electrons. The molecule has 0 aliphatic heterocycles. The Bertz CT molecular complexity index is 783. The zero-order valence-corrected chi connectivity index (χ0v) is 13.1. The van der Waals surface area contributed by atoms with Crippen LogP contribution in [0.25, 0.3) is 10.8 Å². The highest BCUT2D eigenvalue weighted by Gasteiger charge is 2.18. The maximum absolute atomic E-state index is 12.3. The van der Waals surface area contributed by atoms with Crippen LogP contribution in [0.4, 0.5) is 5.69 Å². The minimum Gasteiger partial charge on any atom is -0.377 e. The topological polar surface area (TPSA) is 66.5 Å². The lowest BCUT2D eigenvalue weighted by Gasteiger charge is -2.19. The van der Waals surface area contributed by atoms with E-state index in [2.05, 4.69) is 4.72 Å². The summed E-state index contributed by atoms with van der Waals surface area (Å²) in [4.78, 5) is 12.6. The second-order valence-corrected chi connectivity index (χ2v) is 6.73. The number of nitrogens with zero attached hydrogens (tertiary/aromatic N) is 1. The van der Waals surface area contributed by atoms with Gasteiger partial charge in [-0.25, -0.2) is 13.1 Å². The Balaban J connectivity index is 2.74. The minimum absolute atomic E-state index is 0.185. The van der Waals surface area contributed by atoms with Gasteiger partial charge in [-0.2, -0.15) is 0 Å². The van der Waals surface area contributed by atoms with E-state index in [0.717, 1.165) is 16.6 Å². The summed E-state index contributed by atoms with van der Waals surface area (Å²) in [5, 5.41) is 1.51. The van der Waals surface area contributed by atoms with Crippen LogP contribution < -0.4 is 9.62 Å². The van der Waals surface area contributed by atoms with Crippen molar-refractivity contribution in [3.8, 4) is 0 Å². The van der Waals surface area contributed by atoms with Gasteiger partial charge >= 0.3 is 0 Å². The molecule has 112 valence electrons. The van der Waals surface area contributed by atoms with Gasteiger partial charge in [0, 0.05) is 30.6 Å². The first-order valence-corrected chi connectivity index (χ1v) is 7.99. The average Bonchev–Trinajstić information content (AvgIpc) is 2.43. The van der Waals surface area contributed by atoms with Crippen LogP contribution in [-0.2, 0) is 14.8 Å². The van der Waals surface area contributed by atoms with Crippen LogP contribution in [0.1, 0.15) is 5.56 Å². The lowest BCUT2D eigenvalue weighted by Crippen LogP contribution is -2.25. The van der Waals surface area contributed by atoms with Gasteiger partial charge in [-0.3, -0.25) is 0 Å². The first kappa shape index (κ1) is 15.5. The highest BCUT2D eigenvalue weighted by atomic mass is 32.2. The van der Waals surface area contributed by atoms with Crippen LogP contribution in [0.2, 0.25) is 0 Å². The SMILES string of the molecule is Cc1ccc2c(S(=O)(=O)NCC=O)cccc2c1N(C)C. The monoisotopic (exact) mass is 306 g/mol. The highest BCUT2D eigenvalue weighted by molar-refractivity contribution is 7.89. The maximum Gasteiger partial charge on any atom is 0.241 e. The van der Waals surface area contributed by atoms with Crippen LogP contribution in [0.15, 0.2) is 35.2 Å². The maximum atomic E-state index is 12.3. The molecular formula is C15H18N2O3S. The molecule has 0 aromatic heterocycles. The third-order valence-electron chi connectivity index (χ3n) is 3.29. The molecule has 6 heteroatoms. The van der Waals surface area contributed by atoms with E-state index >= 15 is 0 Å². The molecule has 0 bridgehead atoms. The molecule has 21 heavy (non-hydrogen) atoms. The molecule has 0 spiro atoms. The Hall–Kier alpha value is -1.92. The zero-order valence-electron chi connectivity index (χ0n) is 12.3. The Morgan fingerprint density at radius 3 is 2.48 bits per heavy atom. The molecule has 0 saturated carbocycles. The molecule has 2 aromatic carbocycles. The average molecular weight is 306 g/mol. The summed E-state index contributed by atoms with van der Waals surface area (Å²) in [5.41, 5.74) is 2.06.